The highest BCUT2D eigenvalue weighted by Gasteiger charge is 2.53. The van der Waals surface area contributed by atoms with Crippen molar-refractivity contribution in [2.75, 3.05) is 0 Å². The zero-order chi connectivity index (χ0) is 85.7. The summed E-state index contributed by atoms with van der Waals surface area (Å²) in [4.78, 5) is 0. The third-order valence-corrected chi connectivity index (χ3v) is 18.2. The van der Waals surface area contributed by atoms with Crippen LogP contribution in [0.2, 0.25) is 0 Å². The average molecular weight is 1680 g/mol. The molecule has 12 rings (SSSR count). The van der Waals surface area contributed by atoms with Crippen molar-refractivity contribution in [3.63, 3.8) is 0 Å². The Kier molecular flexibility index (Phi) is 23.4. The fraction of sp³-hybridized carbons (Fsp3) is 0. The second kappa shape index (κ2) is 31.4. The lowest BCUT2D eigenvalue weighted by Crippen LogP contribution is -2.81. The Balaban J connectivity index is 0.000000185. The van der Waals surface area contributed by atoms with Crippen LogP contribution in [-0.2, 0) is 0 Å². The van der Waals surface area contributed by atoms with Crippen LogP contribution in [0.5, 0.6) is 0 Å². The van der Waals surface area contributed by atoms with E-state index < -0.39 is 295 Å². The number of halogens is 40. The van der Waals surface area contributed by atoms with Gasteiger partial charge in [-0.05, 0) is 0 Å². The maximum atomic E-state index is 15.4. The lowest BCUT2D eigenvalue weighted by molar-refractivity contribution is 0.378. The summed E-state index contributed by atoms with van der Waals surface area (Å²) in [7, 11) is 0. The Bertz CT molecular complexity index is 5030. The summed E-state index contributed by atoms with van der Waals surface area (Å²) in [6.45, 7) is 0. The second-order valence-electron chi connectivity index (χ2n) is 24.5. The third-order valence-electron chi connectivity index (χ3n) is 18.2. The third kappa shape index (κ3) is 14.2. The first-order valence-electron chi connectivity index (χ1n) is 30.6. The minimum Gasteiger partial charge on any atom is -0.210 e. The lowest BCUT2D eigenvalue weighted by Gasteiger charge is -2.44. The number of benzene rings is 12. The van der Waals surface area contributed by atoms with Crippen LogP contribution in [0.15, 0.2) is 121 Å². The minimum absolute atomic E-state index is 0.132. The van der Waals surface area contributed by atoms with Gasteiger partial charge in [-0.25, -0.2) is 176 Å². The first-order valence-corrected chi connectivity index (χ1v) is 30.6. The van der Waals surface area contributed by atoms with Crippen molar-refractivity contribution < 1.29 is 176 Å². The van der Waals surface area contributed by atoms with E-state index in [0.717, 1.165) is 48.5 Å². The molecule has 0 spiro atoms. The molecular weight excluding hydrogens is 1660 g/mol. The zero-order valence-corrected chi connectivity index (χ0v) is 54.4. The van der Waals surface area contributed by atoms with Crippen LogP contribution in [0.25, 0.3) is 0 Å². The molecule has 0 bridgehead atoms. The molecule has 0 amide bonds. The topological polar surface area (TPSA) is 0 Å². The Morgan fingerprint density at radius 3 is 0.339 bits per heavy atom. The van der Waals surface area contributed by atoms with Crippen molar-refractivity contribution in [2.24, 2.45) is 0 Å². The molecule has 115 heavy (non-hydrogen) atoms. The van der Waals surface area contributed by atoms with Gasteiger partial charge in [0.1, 0.15) is 135 Å². The summed E-state index contributed by atoms with van der Waals surface area (Å²) >= 11 is 0. The van der Waals surface area contributed by atoms with E-state index in [4.69, 9.17) is 0 Å². The van der Waals surface area contributed by atoms with Crippen LogP contribution >= 0.6 is 0 Å². The normalized spacial score (nSPS) is 11.8. The van der Waals surface area contributed by atoms with Gasteiger partial charge in [0.15, 0.2) is 69.8 Å². The van der Waals surface area contributed by atoms with Gasteiger partial charge in [-0.3, -0.25) is 0 Å². The van der Waals surface area contributed by atoms with Crippen molar-refractivity contribution in [3.8, 4) is 0 Å². The molecular formula is C72H20B3F40-3. The SMILES string of the molecule is Fc1c(F)c(F)c([B-](c2c(F)c(F)c(F)c(F)c2F)(c2c(F)c(F)c(F)c(F)c2F)c2c(F)c(F)c(F)c(F)c2F)c(F)c1F.Fc1cc(F)c([B-](c2c(F)cc(F)cc2F)(c2c(F)cc(F)cc2F)c2c(F)cc(F)cc2F)c(F)c1.Fc1cc(F)cc([B-](c2cc(F)cc(F)c2)(c2cc(F)cc(F)c2)c2cc(F)cc(F)c2)c1. The molecule has 12 aromatic rings. The summed E-state index contributed by atoms with van der Waals surface area (Å²) in [5.74, 6) is -104. The zero-order valence-electron chi connectivity index (χ0n) is 54.4. The van der Waals surface area contributed by atoms with Gasteiger partial charge in [0.05, 0.1) is 46.5 Å². The maximum Gasteiger partial charge on any atom is 0.200 e. The molecule has 0 radical (unpaired) electrons. The maximum absolute atomic E-state index is 15.4. The van der Waals surface area contributed by atoms with Gasteiger partial charge in [-0.2, -0.15) is 21.9 Å². The number of hydrogen-bond acceptors (Lipinski definition) is 0. The summed E-state index contributed by atoms with van der Waals surface area (Å²) in [5, 5.41) is 0. The van der Waals surface area contributed by atoms with Gasteiger partial charge in [-0.15, -0.1) is 43.7 Å². The van der Waals surface area contributed by atoms with Crippen molar-refractivity contribution in [2.45, 2.75) is 0 Å². The molecule has 0 unspecified atom stereocenters. The van der Waals surface area contributed by atoms with Crippen molar-refractivity contribution in [1.82, 2.24) is 0 Å². The second-order valence-corrected chi connectivity index (χ2v) is 24.5. The molecule has 0 saturated heterocycles. The van der Waals surface area contributed by atoms with Crippen molar-refractivity contribution in [1.29, 1.82) is 0 Å². The molecule has 600 valence electrons. The van der Waals surface area contributed by atoms with Crippen molar-refractivity contribution in [3.05, 3.63) is 354 Å². The average Bonchev–Trinajstić information content (AvgIpc) is 0.684. The fourth-order valence-corrected chi connectivity index (χ4v) is 14.1. The Labute approximate surface area is 612 Å². The van der Waals surface area contributed by atoms with E-state index in [2.05, 4.69) is 0 Å². The highest BCUT2D eigenvalue weighted by Crippen LogP contribution is 2.33. The molecule has 12 aromatic carbocycles. The van der Waals surface area contributed by atoms with Gasteiger partial charge in [0, 0.05) is 72.8 Å². The van der Waals surface area contributed by atoms with Gasteiger partial charge in [-0.1, -0.05) is 48.5 Å². The van der Waals surface area contributed by atoms with E-state index in [1.165, 1.54) is 0 Å². The van der Waals surface area contributed by atoms with Crippen LogP contribution in [0.1, 0.15) is 0 Å². The summed E-state index contributed by atoms with van der Waals surface area (Å²) in [5.41, 5.74) is -23.3. The van der Waals surface area contributed by atoms with E-state index in [9.17, 15) is 105 Å². The number of rotatable bonds is 12. The predicted molar refractivity (Wildman–Crippen MR) is 328 cm³/mol. The van der Waals surface area contributed by atoms with Gasteiger partial charge in [0.25, 0.3) is 0 Å². The molecule has 0 atom stereocenters. The molecule has 0 heterocycles. The van der Waals surface area contributed by atoms with Gasteiger partial charge in [0.2, 0.25) is 0 Å². The molecule has 43 heteroatoms. The van der Waals surface area contributed by atoms with E-state index in [0.29, 0.717) is 24.3 Å². The standard InChI is InChI=1S/C24BF20.C24H8BF12.C24H12BF8/c26-5-1(6(27)14(35)21(42)13(5)34)25(2-7(28)15(36)22(43)16(37)8(2)29,3-9(30)17(38)23(44)18(39)10(3)31)4-11(32)19(40)24(45)20(41)12(4)33;26-9-1-13(30)21(14(31)2-9)25(22-15(32)3-10(27)4-16(22)33,23-17(34)5-11(28)6-18(23)35)24-19(36)7-12(29)8-20(24)37;26-17-1-13(2-18(27)9-17)25(14-3-19(28)10-20(29)4-14,15-5-21(30)11-22(31)6-15)16-7-23(32)12-24(33)8-16/h;1-8H;1-12H/q3*-1. The van der Waals surface area contributed by atoms with E-state index >= 15 is 70.2 Å². The predicted octanol–water partition coefficient (Wildman–Crippen LogP) is 14.8. The van der Waals surface area contributed by atoms with Crippen LogP contribution in [0, 0.1) is 233 Å². The molecule has 0 nitrogen and oxygen atoms in total. The first kappa shape index (κ1) is 85.5. The molecule has 0 aliphatic heterocycles. The smallest absolute Gasteiger partial charge is 0.200 e. The first-order chi connectivity index (χ1) is 53.6. The highest BCUT2D eigenvalue weighted by molar-refractivity contribution is 7.21. The monoisotopic (exact) mass is 1680 g/mol. The van der Waals surface area contributed by atoms with E-state index in [1.807, 2.05) is 0 Å². The molecule has 0 fully saturated rings. The molecule has 0 aromatic heterocycles. The Hall–Kier alpha value is -12.0. The number of hydrogen-bond donors (Lipinski definition) is 0. The van der Waals surface area contributed by atoms with Crippen LogP contribution in [0.3, 0.4) is 0 Å². The van der Waals surface area contributed by atoms with E-state index in [1.54, 1.807) is 0 Å². The summed E-state index contributed by atoms with van der Waals surface area (Å²) in [6.07, 6.45) is -15.6. The highest BCUT2D eigenvalue weighted by atomic mass is 19.2. The quantitative estimate of drug-likeness (QED) is 0.0495. The van der Waals surface area contributed by atoms with Crippen molar-refractivity contribution >= 4 is 84.0 Å². The van der Waals surface area contributed by atoms with Gasteiger partial charge < -0.3 is 0 Å². The summed E-state index contributed by atoms with van der Waals surface area (Å²) < 4.78 is 586. The molecule has 0 aliphatic carbocycles. The fourth-order valence-electron chi connectivity index (χ4n) is 14.1. The largest absolute Gasteiger partial charge is 0.210 e. The van der Waals surface area contributed by atoms with E-state index in [-0.39, 0.29) is 70.4 Å². The lowest BCUT2D eigenvalue weighted by atomic mass is 9.12. The Morgan fingerprint density at radius 2 is 0.209 bits per heavy atom. The van der Waals surface area contributed by atoms with Gasteiger partial charge >= 0.3 is 0 Å². The summed E-state index contributed by atoms with van der Waals surface area (Å²) in [6, 6.07) is 7.18. The Morgan fingerprint density at radius 1 is 0.104 bits per heavy atom. The molecule has 0 aliphatic rings. The minimum atomic E-state index is -7.22. The molecule has 0 N–H and O–H groups in total. The molecule has 0 saturated carbocycles. The van der Waals surface area contributed by atoms with Crippen LogP contribution in [-0.4, -0.2) is 18.4 Å². The van der Waals surface area contributed by atoms with Crippen LogP contribution < -0.4 is 65.6 Å². The van der Waals surface area contributed by atoms with Crippen LogP contribution in [0.4, 0.5) is 176 Å².